The van der Waals surface area contributed by atoms with Gasteiger partial charge in [-0.2, -0.15) is 5.10 Å². The minimum absolute atomic E-state index is 0.587. The number of hydrazone groups is 1. The molecule has 0 aromatic carbocycles. The Morgan fingerprint density at radius 3 is 2.83 bits per heavy atom. The first-order valence-corrected chi connectivity index (χ1v) is 8.13. The van der Waals surface area contributed by atoms with Gasteiger partial charge in [0.05, 0.1) is 17.6 Å². The van der Waals surface area contributed by atoms with E-state index >= 15 is 0 Å². The quantitative estimate of drug-likeness (QED) is 0.415. The number of rotatable bonds is 5. The molecule has 0 saturated heterocycles. The average Bonchev–Trinajstić information content (AvgIpc) is 2.59. The van der Waals surface area contributed by atoms with E-state index < -0.39 is 0 Å². The molecule has 0 aliphatic rings. The van der Waals surface area contributed by atoms with Crippen molar-refractivity contribution in [2.24, 2.45) is 5.10 Å². The molecule has 0 aliphatic carbocycles. The lowest BCUT2D eigenvalue weighted by molar-refractivity contribution is 1.08. The Labute approximate surface area is 148 Å². The van der Waals surface area contributed by atoms with E-state index in [4.69, 9.17) is 0 Å². The molecule has 120 valence electrons. The molecule has 0 spiro atoms. The Balaban J connectivity index is 1.90. The van der Waals surface area contributed by atoms with Crippen LogP contribution in [0.25, 0.3) is 0 Å². The molecule has 7 heteroatoms. The monoisotopic (exact) mass is 382 g/mol. The summed E-state index contributed by atoms with van der Waals surface area (Å²) in [6, 6.07) is 9.66. The number of aromatic nitrogens is 4. The van der Waals surface area contributed by atoms with E-state index in [1.165, 1.54) is 0 Å². The Bertz CT molecular complexity index is 850. The number of hydrogen-bond donors (Lipinski definition) is 1. The zero-order valence-corrected chi connectivity index (χ0v) is 14.6. The van der Waals surface area contributed by atoms with E-state index in [0.717, 1.165) is 27.3 Å². The average molecular weight is 383 g/mol. The molecule has 1 N–H and O–H groups in total. The van der Waals surface area contributed by atoms with Crippen LogP contribution < -0.4 is 5.43 Å². The van der Waals surface area contributed by atoms with E-state index in [1.54, 1.807) is 24.8 Å². The SMILES string of the molecule is Cc1cncc(N/N=C(/Cc2ccccn2)c2ccnc(Br)c2)n1. The van der Waals surface area contributed by atoms with Crippen molar-refractivity contribution in [3.05, 3.63) is 76.7 Å². The van der Waals surface area contributed by atoms with Gasteiger partial charge in [0.1, 0.15) is 4.60 Å². The van der Waals surface area contributed by atoms with Crippen LogP contribution in [0.5, 0.6) is 0 Å². The number of pyridine rings is 2. The zero-order valence-electron chi connectivity index (χ0n) is 13.0. The molecule has 3 aromatic rings. The van der Waals surface area contributed by atoms with Crippen molar-refractivity contribution < 1.29 is 0 Å². The van der Waals surface area contributed by atoms with Crippen LogP contribution in [-0.4, -0.2) is 25.6 Å². The fraction of sp³-hybridized carbons (Fsp3) is 0.118. The minimum atomic E-state index is 0.587. The first kappa shape index (κ1) is 16.2. The molecule has 24 heavy (non-hydrogen) atoms. The minimum Gasteiger partial charge on any atom is -0.261 e. The maximum atomic E-state index is 4.52. The number of nitrogens with zero attached hydrogens (tertiary/aromatic N) is 5. The lowest BCUT2D eigenvalue weighted by Gasteiger charge is -2.08. The molecular weight excluding hydrogens is 368 g/mol. The molecule has 0 fully saturated rings. The summed E-state index contributed by atoms with van der Waals surface area (Å²) in [5.41, 5.74) is 6.52. The van der Waals surface area contributed by atoms with Gasteiger partial charge in [0.15, 0.2) is 5.82 Å². The number of halogens is 1. The summed E-state index contributed by atoms with van der Waals surface area (Å²) in [6.45, 7) is 1.89. The van der Waals surface area contributed by atoms with Crippen LogP contribution in [0.4, 0.5) is 5.82 Å². The van der Waals surface area contributed by atoms with Crippen LogP contribution >= 0.6 is 15.9 Å². The molecule has 0 saturated carbocycles. The van der Waals surface area contributed by atoms with Gasteiger partial charge in [0, 0.05) is 36.3 Å². The van der Waals surface area contributed by atoms with E-state index in [2.05, 4.69) is 46.4 Å². The number of anilines is 1. The summed E-state index contributed by atoms with van der Waals surface area (Å²) in [7, 11) is 0. The van der Waals surface area contributed by atoms with Gasteiger partial charge in [-0.3, -0.25) is 15.4 Å². The Morgan fingerprint density at radius 1 is 1.17 bits per heavy atom. The highest BCUT2D eigenvalue weighted by Gasteiger charge is 2.08. The van der Waals surface area contributed by atoms with Crippen molar-refractivity contribution in [1.82, 2.24) is 19.9 Å². The number of nitrogens with one attached hydrogen (secondary N) is 1. The van der Waals surface area contributed by atoms with Crippen LogP contribution in [0, 0.1) is 6.92 Å². The second kappa shape index (κ2) is 7.74. The van der Waals surface area contributed by atoms with Gasteiger partial charge in [-0.15, -0.1) is 0 Å². The van der Waals surface area contributed by atoms with Gasteiger partial charge < -0.3 is 0 Å². The highest BCUT2D eigenvalue weighted by atomic mass is 79.9. The molecule has 0 unspecified atom stereocenters. The third-order valence-corrected chi connectivity index (χ3v) is 3.63. The summed E-state index contributed by atoms with van der Waals surface area (Å²) >= 11 is 3.40. The highest BCUT2D eigenvalue weighted by molar-refractivity contribution is 9.10. The van der Waals surface area contributed by atoms with E-state index in [-0.39, 0.29) is 0 Å². The Hall–Kier alpha value is -2.67. The van der Waals surface area contributed by atoms with Gasteiger partial charge in [0.2, 0.25) is 0 Å². The van der Waals surface area contributed by atoms with E-state index in [9.17, 15) is 0 Å². The van der Waals surface area contributed by atoms with Crippen LogP contribution in [0.2, 0.25) is 0 Å². The second-order valence-electron chi connectivity index (χ2n) is 5.08. The molecule has 0 aliphatic heterocycles. The van der Waals surface area contributed by atoms with Gasteiger partial charge in [0.25, 0.3) is 0 Å². The molecule has 0 amide bonds. The topological polar surface area (TPSA) is 76.0 Å². The number of aryl methyl sites for hydroxylation is 1. The number of hydrogen-bond acceptors (Lipinski definition) is 6. The normalized spacial score (nSPS) is 11.3. The van der Waals surface area contributed by atoms with E-state index in [1.807, 2.05) is 37.3 Å². The summed E-state index contributed by atoms with van der Waals surface area (Å²) in [6.07, 6.45) is 7.43. The summed E-state index contributed by atoms with van der Waals surface area (Å²) < 4.78 is 0.754. The Kier molecular flexibility index (Phi) is 5.22. The first-order chi connectivity index (χ1) is 11.7. The van der Waals surface area contributed by atoms with Crippen molar-refractivity contribution in [3.63, 3.8) is 0 Å². The van der Waals surface area contributed by atoms with Crippen molar-refractivity contribution in [1.29, 1.82) is 0 Å². The predicted octanol–water partition coefficient (Wildman–Crippen LogP) is 3.40. The third kappa shape index (κ3) is 4.42. The van der Waals surface area contributed by atoms with Crippen molar-refractivity contribution in [3.8, 4) is 0 Å². The van der Waals surface area contributed by atoms with Crippen LogP contribution in [-0.2, 0) is 6.42 Å². The lowest BCUT2D eigenvalue weighted by atomic mass is 10.1. The smallest absolute Gasteiger partial charge is 0.165 e. The van der Waals surface area contributed by atoms with Gasteiger partial charge in [-0.05, 0) is 47.1 Å². The molecular formula is C17H15BrN6. The fourth-order valence-corrected chi connectivity index (χ4v) is 2.47. The third-order valence-electron chi connectivity index (χ3n) is 3.19. The zero-order chi connectivity index (χ0) is 16.8. The van der Waals surface area contributed by atoms with E-state index in [0.29, 0.717) is 12.2 Å². The molecule has 3 aromatic heterocycles. The van der Waals surface area contributed by atoms with Crippen molar-refractivity contribution in [2.45, 2.75) is 13.3 Å². The standard InChI is InChI=1S/C17H15BrN6/c1-12-10-19-11-17(22-12)24-23-15(9-14-4-2-3-6-20-14)13-5-7-21-16(18)8-13/h2-8,10-11H,9H2,1H3,(H,22,24)/b23-15-. The molecule has 0 radical (unpaired) electrons. The summed E-state index contributed by atoms with van der Waals surface area (Å²) in [5, 5.41) is 4.52. The van der Waals surface area contributed by atoms with Gasteiger partial charge in [-0.1, -0.05) is 6.07 Å². The largest absolute Gasteiger partial charge is 0.261 e. The maximum absolute atomic E-state index is 4.52. The van der Waals surface area contributed by atoms with Gasteiger partial charge in [-0.25, -0.2) is 9.97 Å². The summed E-state index contributed by atoms with van der Waals surface area (Å²) in [4.78, 5) is 17.0. The molecule has 3 rings (SSSR count). The summed E-state index contributed by atoms with van der Waals surface area (Å²) in [5.74, 6) is 0.599. The molecule has 0 atom stereocenters. The van der Waals surface area contributed by atoms with Crippen molar-refractivity contribution >= 4 is 27.5 Å². The molecule has 6 nitrogen and oxygen atoms in total. The van der Waals surface area contributed by atoms with Crippen LogP contribution in [0.3, 0.4) is 0 Å². The maximum Gasteiger partial charge on any atom is 0.165 e. The molecule has 3 heterocycles. The lowest BCUT2D eigenvalue weighted by Crippen LogP contribution is -2.10. The van der Waals surface area contributed by atoms with Gasteiger partial charge >= 0.3 is 0 Å². The van der Waals surface area contributed by atoms with Crippen LogP contribution in [0.1, 0.15) is 17.0 Å². The Morgan fingerprint density at radius 2 is 2.08 bits per heavy atom. The predicted molar refractivity (Wildman–Crippen MR) is 96.8 cm³/mol. The highest BCUT2D eigenvalue weighted by Crippen LogP contribution is 2.12. The van der Waals surface area contributed by atoms with Crippen molar-refractivity contribution in [2.75, 3.05) is 5.43 Å². The second-order valence-corrected chi connectivity index (χ2v) is 5.89. The fourth-order valence-electron chi connectivity index (χ4n) is 2.10. The molecule has 0 bridgehead atoms. The first-order valence-electron chi connectivity index (χ1n) is 7.34. The van der Waals surface area contributed by atoms with Crippen LogP contribution in [0.15, 0.2) is 64.8 Å².